The first kappa shape index (κ1) is 9.28. The van der Waals surface area contributed by atoms with Crippen LogP contribution >= 0.6 is 0 Å². The van der Waals surface area contributed by atoms with Crippen molar-refractivity contribution in [1.29, 1.82) is 0 Å². The van der Waals surface area contributed by atoms with E-state index in [2.05, 4.69) is 5.29 Å². The van der Waals surface area contributed by atoms with Gasteiger partial charge in [-0.15, -0.1) is 4.91 Å². The summed E-state index contributed by atoms with van der Waals surface area (Å²) in [6.45, 7) is 0.947. The Kier molecular flexibility index (Phi) is 4.73. The Morgan fingerprint density at radius 3 is 2.70 bits per heavy atom. The molecule has 0 unspecified atom stereocenters. The molecule has 0 aliphatic rings. The van der Waals surface area contributed by atoms with Crippen LogP contribution in [0.1, 0.15) is 6.42 Å². The monoisotopic (exact) mass is 147 g/mol. The molecule has 0 radical (unpaired) electrons. The van der Waals surface area contributed by atoms with Gasteiger partial charge in [0.05, 0.1) is 5.29 Å². The predicted octanol–water partition coefficient (Wildman–Crippen LogP) is -0.337. The lowest BCUT2D eigenvalue weighted by atomic mass is 10.4. The Bertz CT molecular complexity index is 99.3. The summed E-state index contributed by atoms with van der Waals surface area (Å²) < 4.78 is 0. The Morgan fingerprint density at radius 1 is 1.70 bits per heavy atom. The first-order chi connectivity index (χ1) is 4.72. The van der Waals surface area contributed by atoms with Gasteiger partial charge in [0.25, 0.3) is 0 Å². The molecule has 0 bridgehead atoms. The van der Waals surface area contributed by atoms with Gasteiger partial charge in [-0.2, -0.15) is 0 Å². The topological polar surface area (TPSA) is 85.0 Å². The lowest BCUT2D eigenvalue weighted by molar-refractivity contribution is 0.0521. The molecule has 0 saturated heterocycles. The van der Waals surface area contributed by atoms with E-state index < -0.39 is 0 Å². The van der Waals surface area contributed by atoms with Crippen molar-refractivity contribution in [2.45, 2.75) is 6.42 Å². The van der Waals surface area contributed by atoms with Gasteiger partial charge < -0.3 is 10.9 Å². The van der Waals surface area contributed by atoms with E-state index in [0.717, 1.165) is 5.01 Å². The molecule has 0 aromatic rings. The van der Waals surface area contributed by atoms with Gasteiger partial charge in [-0.3, -0.25) is 5.28 Å². The van der Waals surface area contributed by atoms with Crippen molar-refractivity contribution >= 4 is 0 Å². The Balaban J connectivity index is 3.40. The first-order valence-electron chi connectivity index (χ1n) is 2.94. The van der Waals surface area contributed by atoms with Crippen LogP contribution in [0.5, 0.6) is 0 Å². The quantitative estimate of drug-likeness (QED) is 0.425. The maximum atomic E-state index is 10.3. The second kappa shape index (κ2) is 5.10. The average Bonchev–Trinajstić information content (AvgIpc) is 1.98. The van der Waals surface area contributed by atoms with Gasteiger partial charge in [0.15, 0.2) is 0 Å². The SMILES string of the molecule is CN(CCCN)N([O-])N=O. The highest BCUT2D eigenvalue weighted by atomic mass is 16.6. The molecular weight excluding hydrogens is 136 g/mol. The molecule has 2 N–H and O–H groups in total. The van der Waals surface area contributed by atoms with Crippen LogP contribution in [0, 0.1) is 10.1 Å². The zero-order valence-corrected chi connectivity index (χ0v) is 5.86. The summed E-state index contributed by atoms with van der Waals surface area (Å²) in [7, 11) is 1.48. The van der Waals surface area contributed by atoms with Gasteiger partial charge in [0.1, 0.15) is 0 Å². The molecule has 0 rings (SSSR count). The first-order valence-corrected chi connectivity index (χ1v) is 2.94. The minimum atomic E-state index is -0.00431. The summed E-state index contributed by atoms with van der Waals surface area (Å²) in [6.07, 6.45) is 0.671. The predicted molar refractivity (Wildman–Crippen MR) is 37.3 cm³/mol. The second-order valence-corrected chi connectivity index (χ2v) is 1.86. The van der Waals surface area contributed by atoms with E-state index in [0.29, 0.717) is 19.5 Å². The van der Waals surface area contributed by atoms with Crippen LogP contribution in [0.2, 0.25) is 0 Å². The molecule has 0 heterocycles. The maximum absolute atomic E-state index is 10.3. The number of hydrogen-bond donors (Lipinski definition) is 1. The standard InChI is InChI=1S/C4H11N4O2/c1-7(4-2-3-5)8(10)6-9/h2-5H2,1H3/q-1. The molecule has 0 amide bonds. The molecule has 6 heteroatoms. The molecule has 0 aromatic carbocycles. The number of rotatable bonds is 5. The lowest BCUT2D eigenvalue weighted by Gasteiger charge is -2.30. The molecule has 0 saturated carbocycles. The van der Waals surface area contributed by atoms with Crippen LogP contribution in [0.4, 0.5) is 0 Å². The number of nitroso groups, excluding NO2 is 1. The Labute approximate surface area is 59.1 Å². The van der Waals surface area contributed by atoms with E-state index in [1.54, 1.807) is 0 Å². The van der Waals surface area contributed by atoms with Crippen LogP contribution in [0.25, 0.3) is 0 Å². The van der Waals surface area contributed by atoms with E-state index in [4.69, 9.17) is 5.73 Å². The normalized spacial score (nSPS) is 10.0. The van der Waals surface area contributed by atoms with Gasteiger partial charge in [-0.1, -0.05) is 0 Å². The molecule has 0 aliphatic carbocycles. The third-order valence-corrected chi connectivity index (χ3v) is 1.05. The van der Waals surface area contributed by atoms with Gasteiger partial charge in [-0.05, 0) is 13.0 Å². The van der Waals surface area contributed by atoms with Crippen molar-refractivity contribution in [3.05, 3.63) is 10.1 Å². The fourth-order valence-corrected chi connectivity index (χ4v) is 0.468. The van der Waals surface area contributed by atoms with Crippen LogP contribution in [0.15, 0.2) is 5.29 Å². The minimum Gasteiger partial charge on any atom is -0.724 e. The summed E-state index contributed by atoms with van der Waals surface area (Å²) in [4.78, 5) is 9.60. The van der Waals surface area contributed by atoms with Crippen LogP contribution < -0.4 is 5.73 Å². The molecule has 0 aromatic heterocycles. The molecule has 10 heavy (non-hydrogen) atoms. The van der Waals surface area contributed by atoms with Crippen molar-refractivity contribution in [1.82, 2.24) is 10.3 Å². The maximum Gasteiger partial charge on any atom is 0.0579 e. The summed E-state index contributed by atoms with van der Waals surface area (Å²) >= 11 is 0. The van der Waals surface area contributed by atoms with Gasteiger partial charge in [0, 0.05) is 13.6 Å². The van der Waals surface area contributed by atoms with E-state index in [-0.39, 0.29) is 5.28 Å². The number of hydrogen-bond acceptors (Lipinski definition) is 5. The Hall–Kier alpha value is -0.720. The highest BCUT2D eigenvalue weighted by Gasteiger charge is 1.96. The molecule has 60 valence electrons. The average molecular weight is 147 g/mol. The van der Waals surface area contributed by atoms with Gasteiger partial charge >= 0.3 is 0 Å². The lowest BCUT2D eigenvalue weighted by Crippen LogP contribution is -2.32. The van der Waals surface area contributed by atoms with Crippen LogP contribution in [-0.2, 0) is 0 Å². The molecule has 0 fully saturated rings. The highest BCUT2D eigenvalue weighted by Crippen LogP contribution is 1.92. The van der Waals surface area contributed by atoms with Gasteiger partial charge in [0.2, 0.25) is 0 Å². The summed E-state index contributed by atoms with van der Waals surface area (Å²) in [5.74, 6) is 0. The molecule has 0 aliphatic heterocycles. The fourth-order valence-electron chi connectivity index (χ4n) is 0.468. The largest absolute Gasteiger partial charge is 0.724 e. The third kappa shape index (κ3) is 3.33. The van der Waals surface area contributed by atoms with Crippen LogP contribution in [0.3, 0.4) is 0 Å². The number of nitrogens with zero attached hydrogens (tertiary/aromatic N) is 3. The number of nitrogens with two attached hydrogens (primary N) is 1. The van der Waals surface area contributed by atoms with E-state index in [1.807, 2.05) is 0 Å². The second-order valence-electron chi connectivity index (χ2n) is 1.86. The van der Waals surface area contributed by atoms with Crippen molar-refractivity contribution in [2.75, 3.05) is 20.1 Å². The molecular formula is C4H11N4O2-. The highest BCUT2D eigenvalue weighted by molar-refractivity contribution is 4.48. The Morgan fingerprint density at radius 2 is 2.30 bits per heavy atom. The van der Waals surface area contributed by atoms with Crippen LogP contribution in [-0.4, -0.2) is 30.4 Å². The summed E-state index contributed by atoms with van der Waals surface area (Å²) in [5.41, 5.74) is 5.16. The minimum absolute atomic E-state index is 0.00431. The van der Waals surface area contributed by atoms with Crippen molar-refractivity contribution in [3.8, 4) is 0 Å². The zero-order valence-electron chi connectivity index (χ0n) is 5.86. The molecule has 6 nitrogen and oxygen atoms in total. The van der Waals surface area contributed by atoms with E-state index >= 15 is 0 Å². The molecule has 0 spiro atoms. The zero-order chi connectivity index (χ0) is 7.98. The van der Waals surface area contributed by atoms with Crippen molar-refractivity contribution < 1.29 is 0 Å². The van der Waals surface area contributed by atoms with Crippen molar-refractivity contribution in [3.63, 3.8) is 0 Å². The third-order valence-electron chi connectivity index (χ3n) is 1.05. The van der Waals surface area contributed by atoms with Gasteiger partial charge in [-0.25, -0.2) is 5.01 Å². The van der Waals surface area contributed by atoms with Crippen molar-refractivity contribution in [2.24, 2.45) is 11.0 Å². The smallest absolute Gasteiger partial charge is 0.0579 e. The summed E-state index contributed by atoms with van der Waals surface area (Å²) in [6, 6.07) is 0. The number of hydrazine groups is 1. The fraction of sp³-hybridized carbons (Fsp3) is 1.00. The summed E-state index contributed by atoms with van der Waals surface area (Å²) in [5, 5.41) is 13.6. The molecule has 0 atom stereocenters. The van der Waals surface area contributed by atoms with E-state index in [9.17, 15) is 10.1 Å². The van der Waals surface area contributed by atoms with E-state index in [1.165, 1.54) is 7.05 Å².